The SMILES string of the molecule is [CH2]CCCCCCCCCO[Si](OC)(OC)OC. The van der Waals surface area contributed by atoms with Crippen molar-refractivity contribution in [1.82, 2.24) is 0 Å². The van der Waals surface area contributed by atoms with Crippen molar-refractivity contribution in [2.24, 2.45) is 0 Å². The third kappa shape index (κ3) is 8.21. The van der Waals surface area contributed by atoms with E-state index in [1.807, 2.05) is 0 Å². The van der Waals surface area contributed by atoms with Crippen LogP contribution in [-0.4, -0.2) is 37.0 Å². The highest BCUT2D eigenvalue weighted by atomic mass is 28.4. The van der Waals surface area contributed by atoms with Gasteiger partial charge in [0.1, 0.15) is 0 Å². The van der Waals surface area contributed by atoms with Gasteiger partial charge < -0.3 is 17.7 Å². The van der Waals surface area contributed by atoms with Gasteiger partial charge in [-0.1, -0.05) is 51.9 Å². The van der Waals surface area contributed by atoms with Crippen LogP contribution in [0.2, 0.25) is 0 Å². The normalized spacial score (nSPS) is 12.0. The Morgan fingerprint density at radius 2 is 1.17 bits per heavy atom. The summed E-state index contributed by atoms with van der Waals surface area (Å²) in [7, 11) is 1.86. The summed E-state index contributed by atoms with van der Waals surface area (Å²) in [5.41, 5.74) is 0. The minimum atomic E-state index is -2.81. The fourth-order valence-corrected chi connectivity index (χ4v) is 3.03. The summed E-state index contributed by atoms with van der Waals surface area (Å²) in [5.74, 6) is 0. The van der Waals surface area contributed by atoms with Crippen molar-refractivity contribution in [2.45, 2.75) is 51.4 Å². The van der Waals surface area contributed by atoms with E-state index in [4.69, 9.17) is 17.7 Å². The van der Waals surface area contributed by atoms with Crippen molar-refractivity contribution in [2.75, 3.05) is 27.9 Å². The van der Waals surface area contributed by atoms with Gasteiger partial charge in [-0.05, 0) is 6.42 Å². The molecule has 0 fully saturated rings. The molecule has 0 heterocycles. The summed E-state index contributed by atoms with van der Waals surface area (Å²) in [6.45, 7) is 4.48. The zero-order valence-corrected chi connectivity index (χ0v) is 13.2. The van der Waals surface area contributed by atoms with E-state index in [-0.39, 0.29) is 0 Å². The first-order valence-electron chi connectivity index (χ1n) is 6.83. The molecular weight excluding hydrogens is 248 g/mol. The molecule has 0 N–H and O–H groups in total. The Morgan fingerprint density at radius 3 is 1.61 bits per heavy atom. The summed E-state index contributed by atoms with van der Waals surface area (Å²) in [4.78, 5) is 0. The van der Waals surface area contributed by atoms with Gasteiger partial charge in [-0.15, -0.1) is 0 Å². The van der Waals surface area contributed by atoms with Crippen LogP contribution in [0.25, 0.3) is 0 Å². The molecule has 0 amide bonds. The molecule has 0 atom stereocenters. The topological polar surface area (TPSA) is 36.9 Å². The first-order chi connectivity index (χ1) is 8.74. The summed E-state index contributed by atoms with van der Waals surface area (Å²) < 4.78 is 21.1. The van der Waals surface area contributed by atoms with Crippen molar-refractivity contribution in [3.8, 4) is 0 Å². The number of unbranched alkanes of at least 4 members (excludes halogenated alkanes) is 7. The fourth-order valence-electron chi connectivity index (χ4n) is 1.79. The van der Waals surface area contributed by atoms with Gasteiger partial charge in [-0.2, -0.15) is 0 Å². The first-order valence-corrected chi connectivity index (χ1v) is 8.46. The summed E-state index contributed by atoms with van der Waals surface area (Å²) in [6, 6.07) is 0. The Hall–Kier alpha value is 0.0569. The minimum Gasteiger partial charge on any atom is -0.355 e. The van der Waals surface area contributed by atoms with Gasteiger partial charge in [0.05, 0.1) is 0 Å². The maximum atomic E-state index is 5.59. The highest BCUT2D eigenvalue weighted by Crippen LogP contribution is 2.11. The predicted molar refractivity (Wildman–Crippen MR) is 75.0 cm³/mol. The monoisotopic (exact) mass is 277 g/mol. The number of rotatable bonds is 13. The maximum Gasteiger partial charge on any atom is 0.678 e. The maximum absolute atomic E-state index is 5.59. The predicted octanol–water partition coefficient (Wildman–Crippen LogP) is 3.33. The molecule has 0 aliphatic rings. The lowest BCUT2D eigenvalue weighted by Gasteiger charge is -2.22. The average Bonchev–Trinajstić information content (AvgIpc) is 2.42. The summed E-state index contributed by atoms with van der Waals surface area (Å²) in [6.07, 6.45) is 9.74. The minimum absolute atomic E-state index is 0.640. The van der Waals surface area contributed by atoms with Gasteiger partial charge in [0.2, 0.25) is 0 Å². The van der Waals surface area contributed by atoms with Crippen molar-refractivity contribution in [3.63, 3.8) is 0 Å². The Labute approximate surface area is 113 Å². The molecular formula is C13H29O4Si. The van der Waals surface area contributed by atoms with E-state index in [1.165, 1.54) is 38.5 Å². The molecule has 0 aliphatic carbocycles. The largest absolute Gasteiger partial charge is 0.678 e. The van der Waals surface area contributed by atoms with Gasteiger partial charge >= 0.3 is 9.05 Å². The smallest absolute Gasteiger partial charge is 0.355 e. The van der Waals surface area contributed by atoms with Gasteiger partial charge in [0.25, 0.3) is 0 Å². The van der Waals surface area contributed by atoms with E-state index in [9.17, 15) is 0 Å². The average molecular weight is 277 g/mol. The zero-order valence-electron chi connectivity index (χ0n) is 12.2. The van der Waals surface area contributed by atoms with E-state index in [0.29, 0.717) is 6.61 Å². The number of hydrogen-bond donors (Lipinski definition) is 0. The van der Waals surface area contributed by atoms with Crippen LogP contribution in [0.15, 0.2) is 0 Å². The lowest BCUT2D eigenvalue weighted by atomic mass is 10.1. The second kappa shape index (κ2) is 12.1. The van der Waals surface area contributed by atoms with E-state index in [1.54, 1.807) is 21.3 Å². The molecule has 0 aromatic rings. The third-order valence-corrected chi connectivity index (χ3v) is 4.98. The van der Waals surface area contributed by atoms with Crippen LogP contribution in [0.1, 0.15) is 51.4 Å². The lowest BCUT2D eigenvalue weighted by molar-refractivity contribution is 0.00504. The second-order valence-corrected chi connectivity index (χ2v) is 6.80. The van der Waals surface area contributed by atoms with Gasteiger partial charge in [0.15, 0.2) is 0 Å². The molecule has 0 unspecified atom stereocenters. The fraction of sp³-hybridized carbons (Fsp3) is 0.923. The molecule has 109 valence electrons. The second-order valence-electron chi connectivity index (χ2n) is 4.29. The molecule has 0 aromatic heterocycles. The molecule has 0 aromatic carbocycles. The van der Waals surface area contributed by atoms with Crippen LogP contribution < -0.4 is 0 Å². The molecule has 0 saturated heterocycles. The molecule has 0 bridgehead atoms. The first kappa shape index (κ1) is 18.1. The highest BCUT2D eigenvalue weighted by molar-refractivity contribution is 6.53. The molecule has 1 radical (unpaired) electrons. The van der Waals surface area contributed by atoms with Crippen molar-refractivity contribution >= 4 is 9.05 Å². The van der Waals surface area contributed by atoms with E-state index < -0.39 is 9.05 Å². The Morgan fingerprint density at radius 1 is 0.722 bits per heavy atom. The van der Waals surface area contributed by atoms with Gasteiger partial charge in [-0.25, -0.2) is 0 Å². The van der Waals surface area contributed by atoms with Crippen LogP contribution in [0.3, 0.4) is 0 Å². The summed E-state index contributed by atoms with van der Waals surface area (Å²) in [5, 5.41) is 0. The Balaban J connectivity index is 3.38. The zero-order chi connectivity index (χ0) is 13.7. The van der Waals surface area contributed by atoms with Gasteiger partial charge in [0, 0.05) is 27.9 Å². The standard InChI is InChI=1S/C13H29O4Si/c1-5-6-7-8-9-10-11-12-13-17-18(14-2,15-3)16-4/h1,5-13H2,2-4H3. The molecule has 18 heavy (non-hydrogen) atoms. The Bertz CT molecular complexity index is 166. The van der Waals surface area contributed by atoms with Crippen molar-refractivity contribution in [1.29, 1.82) is 0 Å². The number of hydrogen-bond acceptors (Lipinski definition) is 4. The van der Waals surface area contributed by atoms with E-state index >= 15 is 0 Å². The quantitative estimate of drug-likeness (QED) is 0.382. The molecule has 0 rings (SSSR count). The van der Waals surface area contributed by atoms with Crippen LogP contribution in [0.5, 0.6) is 0 Å². The summed E-state index contributed by atoms with van der Waals surface area (Å²) >= 11 is 0. The molecule has 5 heteroatoms. The van der Waals surface area contributed by atoms with Crippen molar-refractivity contribution in [3.05, 3.63) is 6.92 Å². The van der Waals surface area contributed by atoms with Crippen LogP contribution in [0.4, 0.5) is 0 Å². The van der Waals surface area contributed by atoms with E-state index in [0.717, 1.165) is 12.8 Å². The van der Waals surface area contributed by atoms with Crippen LogP contribution >= 0.6 is 0 Å². The van der Waals surface area contributed by atoms with Crippen LogP contribution in [-0.2, 0) is 17.7 Å². The third-order valence-electron chi connectivity index (χ3n) is 2.92. The lowest BCUT2D eigenvalue weighted by Crippen LogP contribution is -2.46. The molecule has 0 spiro atoms. The highest BCUT2D eigenvalue weighted by Gasteiger charge is 2.41. The van der Waals surface area contributed by atoms with Crippen molar-refractivity contribution < 1.29 is 17.7 Å². The Kier molecular flexibility index (Phi) is 12.1. The molecule has 0 saturated carbocycles. The van der Waals surface area contributed by atoms with Crippen LogP contribution in [0, 0.1) is 6.92 Å². The molecule has 0 aliphatic heterocycles. The molecule has 4 nitrogen and oxygen atoms in total. The van der Waals surface area contributed by atoms with E-state index in [2.05, 4.69) is 6.92 Å². The van der Waals surface area contributed by atoms with Gasteiger partial charge in [-0.3, -0.25) is 0 Å².